The lowest BCUT2D eigenvalue weighted by molar-refractivity contribution is -0.158. The van der Waals surface area contributed by atoms with Crippen molar-refractivity contribution >= 4 is 23.5 Å². The fraction of sp³-hybridized carbons (Fsp3) is 0.250. The van der Waals surface area contributed by atoms with Crippen LogP contribution in [0, 0.1) is 5.92 Å². The Labute approximate surface area is 150 Å². The molecule has 0 unspecified atom stereocenters. The zero-order chi connectivity index (χ0) is 18.3. The van der Waals surface area contributed by atoms with Gasteiger partial charge in [0.1, 0.15) is 11.6 Å². The summed E-state index contributed by atoms with van der Waals surface area (Å²) in [6.07, 6.45) is 0.183. The average Bonchev–Trinajstić information content (AvgIpc) is 2.69. The molecular formula is C20H18N2O4. The van der Waals surface area contributed by atoms with Crippen LogP contribution in [0.3, 0.4) is 0 Å². The van der Waals surface area contributed by atoms with E-state index in [4.69, 9.17) is 4.74 Å². The van der Waals surface area contributed by atoms with Crippen LogP contribution in [-0.4, -0.2) is 30.9 Å². The fourth-order valence-electron chi connectivity index (χ4n) is 4.00. The number of ether oxygens (including phenoxy) is 1. The highest BCUT2D eigenvalue weighted by atomic mass is 16.5. The van der Waals surface area contributed by atoms with Crippen LogP contribution in [0.1, 0.15) is 12.0 Å². The number of carbonyl (C=O) groups is 3. The number of carbonyl (C=O) groups excluding carboxylic acids is 3. The second kappa shape index (κ2) is 5.98. The molecule has 2 amide bonds. The van der Waals surface area contributed by atoms with Gasteiger partial charge in [-0.15, -0.1) is 0 Å². The van der Waals surface area contributed by atoms with Crippen LogP contribution in [0.25, 0.3) is 0 Å². The van der Waals surface area contributed by atoms with Crippen LogP contribution in [0.15, 0.2) is 60.7 Å². The number of fused-ring (bicyclic) bond motifs is 3. The van der Waals surface area contributed by atoms with Crippen molar-refractivity contribution in [2.24, 2.45) is 5.92 Å². The van der Waals surface area contributed by atoms with Gasteiger partial charge in [-0.2, -0.15) is 0 Å². The van der Waals surface area contributed by atoms with Crippen LogP contribution < -0.4 is 10.2 Å². The van der Waals surface area contributed by atoms with E-state index in [1.54, 1.807) is 36.4 Å². The summed E-state index contributed by atoms with van der Waals surface area (Å²) in [7, 11) is 1.30. The van der Waals surface area contributed by atoms with E-state index >= 15 is 0 Å². The van der Waals surface area contributed by atoms with Gasteiger partial charge in [0.05, 0.1) is 13.0 Å². The maximum atomic E-state index is 13.5. The highest BCUT2D eigenvalue weighted by molar-refractivity contribution is 6.14. The minimum Gasteiger partial charge on any atom is -0.469 e. The van der Waals surface area contributed by atoms with Gasteiger partial charge >= 0.3 is 5.97 Å². The van der Waals surface area contributed by atoms with Gasteiger partial charge in [0.2, 0.25) is 5.91 Å². The number of esters is 1. The molecule has 0 aromatic heterocycles. The number of piperidine rings is 2. The van der Waals surface area contributed by atoms with E-state index in [1.165, 1.54) is 12.0 Å². The van der Waals surface area contributed by atoms with Crippen molar-refractivity contribution in [3.8, 4) is 0 Å². The van der Waals surface area contributed by atoms with E-state index in [0.29, 0.717) is 11.3 Å². The lowest BCUT2D eigenvalue weighted by Gasteiger charge is -2.53. The molecule has 2 bridgehead atoms. The van der Waals surface area contributed by atoms with Crippen LogP contribution in [0.5, 0.6) is 0 Å². The van der Waals surface area contributed by atoms with Gasteiger partial charge in [0.15, 0.2) is 0 Å². The highest BCUT2D eigenvalue weighted by Crippen LogP contribution is 2.45. The number of amides is 2. The Balaban J connectivity index is 1.91. The topological polar surface area (TPSA) is 75.7 Å². The van der Waals surface area contributed by atoms with Crippen molar-refractivity contribution in [1.82, 2.24) is 5.32 Å². The zero-order valence-electron chi connectivity index (χ0n) is 14.2. The number of piperazine rings is 1. The normalized spacial score (nSPS) is 27.2. The second-order valence-corrected chi connectivity index (χ2v) is 6.55. The molecule has 1 N–H and O–H groups in total. The summed E-state index contributed by atoms with van der Waals surface area (Å²) in [5.41, 5.74) is -0.0282. The molecule has 3 saturated heterocycles. The molecule has 0 spiro atoms. The summed E-state index contributed by atoms with van der Waals surface area (Å²) in [5.74, 6) is -1.80. The van der Waals surface area contributed by atoms with Crippen LogP contribution in [0.4, 0.5) is 5.69 Å². The number of hydrogen-bond donors (Lipinski definition) is 1. The van der Waals surface area contributed by atoms with Gasteiger partial charge in [0, 0.05) is 5.69 Å². The molecule has 26 heavy (non-hydrogen) atoms. The predicted octanol–water partition coefficient (Wildman–Crippen LogP) is 1.61. The number of methoxy groups -OCH3 is 1. The molecule has 6 heteroatoms. The Morgan fingerprint density at radius 1 is 1.08 bits per heavy atom. The molecule has 132 valence electrons. The summed E-state index contributed by atoms with van der Waals surface area (Å²) in [5, 5.41) is 2.87. The van der Waals surface area contributed by atoms with Gasteiger partial charge in [0.25, 0.3) is 5.91 Å². The smallest absolute Gasteiger partial charge is 0.311 e. The fourth-order valence-corrected chi connectivity index (χ4v) is 4.00. The van der Waals surface area contributed by atoms with E-state index in [9.17, 15) is 14.4 Å². The van der Waals surface area contributed by atoms with Gasteiger partial charge in [-0.1, -0.05) is 48.5 Å². The number of anilines is 1. The van der Waals surface area contributed by atoms with Crippen molar-refractivity contribution in [2.75, 3.05) is 12.0 Å². The average molecular weight is 350 g/mol. The highest BCUT2D eigenvalue weighted by Gasteiger charge is 2.63. The number of nitrogens with one attached hydrogen (secondary N) is 1. The molecule has 0 saturated carbocycles. The van der Waals surface area contributed by atoms with Gasteiger partial charge < -0.3 is 10.1 Å². The second-order valence-electron chi connectivity index (χ2n) is 6.55. The maximum absolute atomic E-state index is 13.5. The Kier molecular flexibility index (Phi) is 3.76. The molecule has 3 fully saturated rings. The first-order valence-electron chi connectivity index (χ1n) is 8.42. The molecule has 0 aliphatic carbocycles. The van der Waals surface area contributed by atoms with Crippen molar-refractivity contribution in [2.45, 2.75) is 18.0 Å². The number of para-hydroxylation sites is 1. The lowest BCUT2D eigenvalue weighted by atomic mass is 9.69. The third kappa shape index (κ3) is 2.22. The minimum absolute atomic E-state index is 0.183. The Hall–Kier alpha value is -3.15. The van der Waals surface area contributed by atoms with E-state index < -0.39 is 23.5 Å². The molecule has 2 aromatic rings. The van der Waals surface area contributed by atoms with Crippen LogP contribution in [0.2, 0.25) is 0 Å². The summed E-state index contributed by atoms with van der Waals surface area (Å²) < 4.78 is 4.93. The number of hydrogen-bond acceptors (Lipinski definition) is 4. The first-order valence-corrected chi connectivity index (χ1v) is 8.42. The molecule has 3 aliphatic heterocycles. The third-order valence-corrected chi connectivity index (χ3v) is 5.18. The van der Waals surface area contributed by atoms with Crippen LogP contribution >= 0.6 is 0 Å². The minimum atomic E-state index is -1.28. The molecule has 0 radical (unpaired) electrons. The zero-order valence-corrected chi connectivity index (χ0v) is 14.2. The van der Waals surface area contributed by atoms with Crippen molar-refractivity contribution < 1.29 is 19.1 Å². The molecule has 3 aliphatic rings. The molecule has 2 aromatic carbocycles. The molecular weight excluding hydrogens is 332 g/mol. The number of nitrogens with zero attached hydrogens (tertiary/aromatic N) is 1. The first kappa shape index (κ1) is 16.3. The van der Waals surface area contributed by atoms with Crippen molar-refractivity contribution in [3.05, 3.63) is 66.2 Å². The van der Waals surface area contributed by atoms with Crippen LogP contribution in [-0.2, 0) is 24.7 Å². The predicted molar refractivity (Wildman–Crippen MR) is 94.1 cm³/mol. The summed E-state index contributed by atoms with van der Waals surface area (Å²) in [6.45, 7) is 0. The monoisotopic (exact) mass is 350 g/mol. The standard InChI is InChI=1S/C20H18N2O4/c1-26-18(24)15-12-20(13-8-4-2-5-9-13)19(25)22(16(15)17(23)21-20)14-10-6-3-7-11-14/h2-11,15-16H,12H2,1H3,(H,21,23)/t15-,16-,20+/m1/s1. The Morgan fingerprint density at radius 3 is 2.31 bits per heavy atom. The SMILES string of the molecule is COC(=O)[C@@H]1C[C@@]2(c3ccccc3)NC(=O)[C@@H]1N(c1ccccc1)C2=O. The first-order chi connectivity index (χ1) is 12.6. The van der Waals surface area contributed by atoms with Crippen molar-refractivity contribution in [3.63, 3.8) is 0 Å². The van der Waals surface area contributed by atoms with E-state index in [0.717, 1.165) is 0 Å². The summed E-state index contributed by atoms with van der Waals surface area (Å²) >= 11 is 0. The van der Waals surface area contributed by atoms with Gasteiger partial charge in [-0.3, -0.25) is 19.3 Å². The quantitative estimate of drug-likeness (QED) is 0.854. The lowest BCUT2D eigenvalue weighted by Crippen LogP contribution is -2.76. The molecule has 5 rings (SSSR count). The maximum Gasteiger partial charge on any atom is 0.311 e. The van der Waals surface area contributed by atoms with E-state index in [2.05, 4.69) is 5.32 Å². The van der Waals surface area contributed by atoms with Crippen molar-refractivity contribution in [1.29, 1.82) is 0 Å². The largest absolute Gasteiger partial charge is 0.469 e. The third-order valence-electron chi connectivity index (χ3n) is 5.18. The Bertz CT molecular complexity index is 868. The van der Waals surface area contributed by atoms with Gasteiger partial charge in [-0.05, 0) is 24.1 Å². The summed E-state index contributed by atoms with van der Waals surface area (Å²) in [4.78, 5) is 40.2. The van der Waals surface area contributed by atoms with E-state index in [-0.39, 0.29) is 18.2 Å². The molecule has 6 nitrogen and oxygen atoms in total. The Morgan fingerprint density at radius 2 is 1.69 bits per heavy atom. The van der Waals surface area contributed by atoms with E-state index in [1.807, 2.05) is 24.3 Å². The molecule has 3 atom stereocenters. The summed E-state index contributed by atoms with van der Waals surface area (Å²) in [6, 6.07) is 17.1. The number of benzene rings is 2. The molecule has 3 heterocycles. The van der Waals surface area contributed by atoms with Gasteiger partial charge in [-0.25, -0.2) is 0 Å². The number of rotatable bonds is 3.